The van der Waals surface area contributed by atoms with Crippen LogP contribution >= 0.6 is 0 Å². The lowest BCUT2D eigenvalue weighted by Gasteiger charge is -2.32. The average Bonchev–Trinajstić information content (AvgIpc) is 3.13. The van der Waals surface area contributed by atoms with Gasteiger partial charge in [-0.2, -0.15) is 18.3 Å². The monoisotopic (exact) mass is 417 g/mol. The minimum atomic E-state index is -4.15. The summed E-state index contributed by atoms with van der Waals surface area (Å²) in [6.45, 7) is 0.733. The van der Waals surface area contributed by atoms with Gasteiger partial charge in [0.05, 0.1) is 36.8 Å². The Bertz CT molecular complexity index is 1050. The first-order chi connectivity index (χ1) is 14.3. The van der Waals surface area contributed by atoms with Crippen LogP contribution in [0.1, 0.15) is 18.5 Å². The first-order valence-electron chi connectivity index (χ1n) is 9.82. The number of rotatable bonds is 5. The summed E-state index contributed by atoms with van der Waals surface area (Å²) in [5.41, 5.74) is 3.23. The van der Waals surface area contributed by atoms with Crippen molar-refractivity contribution in [2.75, 3.05) is 19.6 Å². The highest BCUT2D eigenvalue weighted by molar-refractivity contribution is 5.86. The summed E-state index contributed by atoms with van der Waals surface area (Å²) in [5.74, 6) is -1.31. The molecule has 0 aliphatic carbocycles. The summed E-state index contributed by atoms with van der Waals surface area (Å²) in [7, 11) is 1.84. The van der Waals surface area contributed by atoms with E-state index in [0.717, 1.165) is 22.0 Å². The molecule has 9 heteroatoms. The predicted molar refractivity (Wildman–Crippen MR) is 106 cm³/mol. The quantitative estimate of drug-likeness (QED) is 0.637. The lowest BCUT2D eigenvalue weighted by molar-refractivity contribution is -0.185. The Balaban J connectivity index is 1.40. The van der Waals surface area contributed by atoms with Crippen LogP contribution in [-0.2, 0) is 18.3 Å². The Hall–Kier alpha value is -2.81. The van der Waals surface area contributed by atoms with Crippen molar-refractivity contribution in [3.8, 4) is 11.1 Å². The molecule has 1 aliphatic heterocycles. The molecule has 0 saturated carbocycles. The third-order valence-corrected chi connectivity index (χ3v) is 5.49. The lowest BCUT2D eigenvalue weighted by Crippen LogP contribution is -2.41. The van der Waals surface area contributed by atoms with Crippen molar-refractivity contribution in [1.29, 1.82) is 0 Å². The highest BCUT2D eigenvalue weighted by atomic mass is 19.4. The van der Waals surface area contributed by atoms with Crippen molar-refractivity contribution in [3.63, 3.8) is 0 Å². The van der Waals surface area contributed by atoms with Crippen LogP contribution in [0.4, 0.5) is 13.2 Å². The van der Waals surface area contributed by atoms with Gasteiger partial charge in [0, 0.05) is 41.6 Å². The second kappa shape index (κ2) is 8.14. The molecule has 0 amide bonds. The molecule has 4 rings (SSSR count). The topological polar surface area (TPSA) is 63.9 Å². The third-order valence-electron chi connectivity index (χ3n) is 5.49. The van der Waals surface area contributed by atoms with E-state index in [4.69, 9.17) is 0 Å². The molecule has 1 aliphatic rings. The average molecular weight is 417 g/mol. The number of pyridine rings is 2. The molecule has 3 aromatic heterocycles. The maximum Gasteiger partial charge on any atom is 0.391 e. The van der Waals surface area contributed by atoms with Gasteiger partial charge in [0.1, 0.15) is 0 Å². The number of carbonyl (C=O) groups is 1. The fourth-order valence-electron chi connectivity index (χ4n) is 3.83. The number of carbonyl (C=O) groups excluding carboxylic acids is 1. The number of piperidine rings is 1. The number of aromatic nitrogens is 4. The smallest absolute Gasteiger partial charge is 0.298 e. The number of fused-ring (bicyclic) bond motifs is 1. The van der Waals surface area contributed by atoms with Crippen LogP contribution in [0.3, 0.4) is 0 Å². The molecule has 4 heterocycles. The van der Waals surface area contributed by atoms with Crippen LogP contribution in [0, 0.1) is 5.92 Å². The number of halogens is 3. The van der Waals surface area contributed by atoms with Crippen molar-refractivity contribution in [3.05, 3.63) is 42.6 Å². The number of likely N-dealkylation sites (tertiary alicyclic amines) is 1. The van der Waals surface area contributed by atoms with Gasteiger partial charge in [0.15, 0.2) is 5.78 Å². The minimum Gasteiger partial charge on any atom is -0.298 e. The summed E-state index contributed by atoms with van der Waals surface area (Å²) in [4.78, 5) is 23.0. The summed E-state index contributed by atoms with van der Waals surface area (Å²) in [6.07, 6.45) is 3.16. The van der Waals surface area contributed by atoms with E-state index in [1.165, 1.54) is 0 Å². The Morgan fingerprint density at radius 2 is 1.87 bits per heavy atom. The number of hydrogen-bond acceptors (Lipinski definition) is 5. The molecule has 1 fully saturated rings. The third kappa shape index (κ3) is 4.67. The molecule has 0 spiro atoms. The molecular formula is C21H22F3N5O. The van der Waals surface area contributed by atoms with E-state index in [1.54, 1.807) is 28.2 Å². The predicted octanol–water partition coefficient (Wildman–Crippen LogP) is 3.42. The van der Waals surface area contributed by atoms with Gasteiger partial charge in [0.25, 0.3) is 0 Å². The van der Waals surface area contributed by atoms with Gasteiger partial charge in [-0.05, 0) is 38.1 Å². The molecule has 0 bridgehead atoms. The lowest BCUT2D eigenvalue weighted by atomic mass is 9.96. The summed E-state index contributed by atoms with van der Waals surface area (Å²) in [5, 5.41) is 5.04. The molecule has 0 unspecified atom stereocenters. The van der Waals surface area contributed by atoms with E-state index in [0.29, 0.717) is 18.8 Å². The number of alkyl halides is 3. The maximum absolute atomic E-state index is 12.8. The first-order valence-corrected chi connectivity index (χ1v) is 9.82. The van der Waals surface area contributed by atoms with E-state index < -0.39 is 12.1 Å². The van der Waals surface area contributed by atoms with Crippen molar-refractivity contribution in [2.24, 2.45) is 13.0 Å². The molecule has 0 N–H and O–H groups in total. The van der Waals surface area contributed by atoms with Gasteiger partial charge in [-0.3, -0.25) is 24.3 Å². The van der Waals surface area contributed by atoms with Crippen molar-refractivity contribution in [2.45, 2.75) is 25.4 Å². The van der Waals surface area contributed by atoms with Crippen LogP contribution in [0.2, 0.25) is 0 Å². The molecule has 158 valence electrons. The Labute approximate surface area is 171 Å². The number of ketones is 1. The van der Waals surface area contributed by atoms with E-state index in [-0.39, 0.29) is 31.6 Å². The molecule has 1 saturated heterocycles. The van der Waals surface area contributed by atoms with E-state index in [2.05, 4.69) is 15.1 Å². The minimum absolute atomic E-state index is 0.0494. The Kier molecular flexibility index (Phi) is 5.55. The van der Waals surface area contributed by atoms with Crippen LogP contribution in [0.25, 0.3) is 22.0 Å². The van der Waals surface area contributed by atoms with Crippen LogP contribution in [-0.4, -0.2) is 56.2 Å². The second-order valence-corrected chi connectivity index (χ2v) is 7.80. The number of hydrogen-bond donors (Lipinski definition) is 0. The van der Waals surface area contributed by atoms with Crippen LogP contribution < -0.4 is 0 Å². The van der Waals surface area contributed by atoms with Crippen LogP contribution in [0.15, 0.2) is 36.9 Å². The molecule has 0 radical (unpaired) electrons. The van der Waals surface area contributed by atoms with Crippen molar-refractivity contribution in [1.82, 2.24) is 24.6 Å². The van der Waals surface area contributed by atoms with E-state index in [1.807, 2.05) is 25.4 Å². The van der Waals surface area contributed by atoms with E-state index in [9.17, 15) is 18.0 Å². The molecule has 3 aromatic rings. The zero-order valence-corrected chi connectivity index (χ0v) is 16.6. The first kappa shape index (κ1) is 20.5. The fraction of sp³-hybridized carbons (Fsp3) is 0.429. The zero-order valence-electron chi connectivity index (χ0n) is 16.6. The van der Waals surface area contributed by atoms with Gasteiger partial charge < -0.3 is 0 Å². The molecular weight excluding hydrogens is 395 g/mol. The molecule has 0 atom stereocenters. The zero-order chi connectivity index (χ0) is 21.3. The number of Topliss-reactive ketones (excluding diaryl/α,β-unsaturated/α-hetero) is 1. The Morgan fingerprint density at radius 3 is 2.53 bits per heavy atom. The van der Waals surface area contributed by atoms with Crippen molar-refractivity contribution < 1.29 is 18.0 Å². The maximum atomic E-state index is 12.8. The summed E-state index contributed by atoms with van der Waals surface area (Å²) in [6, 6.07) is 3.83. The SMILES string of the molecule is Cn1cc(-c2cnc3cnc(CC(=O)CN4CCC(C(F)(F)F)CC4)cc3c2)cn1. The molecule has 6 nitrogen and oxygen atoms in total. The van der Waals surface area contributed by atoms with Crippen molar-refractivity contribution >= 4 is 16.7 Å². The standard InChI is InChI=1S/C21H22F3N5O/c1-28-12-16(10-27-28)15-6-14-7-18(25-11-20(14)26-9-15)8-19(30)13-29-4-2-17(3-5-29)21(22,23)24/h6-7,9-12,17H,2-5,8,13H2,1H3. The summed E-state index contributed by atoms with van der Waals surface area (Å²) < 4.78 is 40.1. The van der Waals surface area contributed by atoms with Gasteiger partial charge in [-0.1, -0.05) is 0 Å². The molecule has 30 heavy (non-hydrogen) atoms. The normalized spacial score (nSPS) is 16.3. The van der Waals surface area contributed by atoms with Crippen LogP contribution in [0.5, 0.6) is 0 Å². The number of nitrogens with zero attached hydrogens (tertiary/aromatic N) is 5. The van der Waals surface area contributed by atoms with E-state index >= 15 is 0 Å². The fourth-order valence-corrected chi connectivity index (χ4v) is 3.83. The number of aryl methyl sites for hydroxylation is 1. The second-order valence-electron chi connectivity index (χ2n) is 7.80. The Morgan fingerprint density at radius 1 is 1.10 bits per heavy atom. The van der Waals surface area contributed by atoms with Gasteiger partial charge in [0.2, 0.25) is 0 Å². The van der Waals surface area contributed by atoms with Gasteiger partial charge in [-0.15, -0.1) is 0 Å². The molecule has 0 aromatic carbocycles. The van der Waals surface area contributed by atoms with Gasteiger partial charge >= 0.3 is 6.18 Å². The largest absolute Gasteiger partial charge is 0.391 e. The highest BCUT2D eigenvalue weighted by Gasteiger charge is 2.41. The highest BCUT2D eigenvalue weighted by Crippen LogP contribution is 2.34. The van der Waals surface area contributed by atoms with Gasteiger partial charge in [-0.25, -0.2) is 0 Å². The summed E-state index contributed by atoms with van der Waals surface area (Å²) >= 11 is 0.